The molecule has 3 N–H and O–H groups in total. The van der Waals surface area contributed by atoms with Gasteiger partial charge in [-0.1, -0.05) is 12.1 Å². The molecule has 0 saturated heterocycles. The van der Waals surface area contributed by atoms with Crippen molar-refractivity contribution in [3.63, 3.8) is 0 Å². The van der Waals surface area contributed by atoms with Crippen LogP contribution in [0.4, 0.5) is 0 Å². The third-order valence-electron chi connectivity index (χ3n) is 4.79. The van der Waals surface area contributed by atoms with Crippen LogP contribution in [0.5, 0.6) is 11.5 Å². The van der Waals surface area contributed by atoms with E-state index < -0.39 is 0 Å². The molecule has 0 radical (unpaired) electrons. The zero-order valence-electron chi connectivity index (χ0n) is 14.7. The summed E-state index contributed by atoms with van der Waals surface area (Å²) in [5.41, 5.74) is 5.49. The quantitative estimate of drug-likeness (QED) is 0.670. The molecule has 1 unspecified atom stereocenters. The number of nitrogens with one attached hydrogen (secondary N) is 1. The highest BCUT2D eigenvalue weighted by Crippen LogP contribution is 2.36. The molecule has 4 rings (SSSR count). The number of nitrogens with two attached hydrogens (primary N) is 1. The molecule has 7 heteroatoms. The summed E-state index contributed by atoms with van der Waals surface area (Å²) >= 11 is 1.18. The van der Waals surface area contributed by atoms with Crippen molar-refractivity contribution in [2.75, 3.05) is 14.2 Å². The molecule has 0 fully saturated rings. The molecule has 3 aromatic rings. The first-order valence-electron chi connectivity index (χ1n) is 8.33. The van der Waals surface area contributed by atoms with Gasteiger partial charge in [0.15, 0.2) is 11.5 Å². The number of aromatic nitrogens is 2. The van der Waals surface area contributed by atoms with Crippen molar-refractivity contribution in [1.29, 1.82) is 0 Å². The summed E-state index contributed by atoms with van der Waals surface area (Å²) in [6, 6.07) is 10.7. The van der Waals surface area contributed by atoms with Gasteiger partial charge < -0.3 is 9.47 Å². The van der Waals surface area contributed by atoms with Gasteiger partial charge in [-0.05, 0) is 36.1 Å². The average Bonchev–Trinajstić information content (AvgIpc) is 3.08. The maximum Gasteiger partial charge on any atom is 0.162 e. The molecule has 134 valence electrons. The van der Waals surface area contributed by atoms with Gasteiger partial charge in [0.25, 0.3) is 0 Å². The molecule has 1 aliphatic rings. The maximum absolute atomic E-state index is 5.54. The Morgan fingerprint density at radius 1 is 1.04 bits per heavy atom. The predicted octanol–water partition coefficient (Wildman–Crippen LogP) is 2.89. The molecule has 2 aromatic carbocycles. The van der Waals surface area contributed by atoms with Gasteiger partial charge in [-0.2, -0.15) is 0 Å². The van der Waals surface area contributed by atoms with Crippen LogP contribution in [-0.2, 0) is 12.8 Å². The fourth-order valence-electron chi connectivity index (χ4n) is 3.56. The van der Waals surface area contributed by atoms with Gasteiger partial charge in [0, 0.05) is 35.2 Å². The molecule has 1 aliphatic carbocycles. The summed E-state index contributed by atoms with van der Waals surface area (Å²) in [4.78, 5) is 8.93. The lowest BCUT2D eigenvalue weighted by Gasteiger charge is -2.11. The second kappa shape index (κ2) is 7.11. The molecule has 0 amide bonds. The largest absolute Gasteiger partial charge is 0.493 e. The van der Waals surface area contributed by atoms with Crippen LogP contribution in [-0.4, -0.2) is 30.2 Å². The zero-order valence-corrected chi connectivity index (χ0v) is 15.5. The Kier molecular flexibility index (Phi) is 4.67. The second-order valence-electron chi connectivity index (χ2n) is 6.27. The maximum atomic E-state index is 5.54. The lowest BCUT2D eigenvalue weighted by molar-refractivity contribution is 0.356. The monoisotopic (exact) mass is 368 g/mol. The second-order valence-corrected chi connectivity index (χ2v) is 6.74. The number of hydrogen-bond donors (Lipinski definition) is 2. The van der Waals surface area contributed by atoms with E-state index in [0.29, 0.717) is 17.5 Å². The lowest BCUT2D eigenvalue weighted by Crippen LogP contribution is -2.24. The first kappa shape index (κ1) is 17.1. The van der Waals surface area contributed by atoms with Gasteiger partial charge in [-0.15, -0.1) is 0 Å². The summed E-state index contributed by atoms with van der Waals surface area (Å²) in [6.07, 6.45) is 3.55. The van der Waals surface area contributed by atoms with Crippen molar-refractivity contribution in [2.24, 2.45) is 5.14 Å². The van der Waals surface area contributed by atoms with Crippen molar-refractivity contribution in [3.05, 3.63) is 47.8 Å². The molecule has 6 nitrogen and oxygen atoms in total. The smallest absolute Gasteiger partial charge is 0.162 e. The highest BCUT2D eigenvalue weighted by atomic mass is 32.2. The number of methoxy groups -OCH3 is 2. The van der Waals surface area contributed by atoms with Gasteiger partial charge in [-0.3, -0.25) is 5.14 Å². The van der Waals surface area contributed by atoms with E-state index in [1.54, 1.807) is 20.5 Å². The minimum absolute atomic E-state index is 0.377. The van der Waals surface area contributed by atoms with Crippen LogP contribution >= 0.6 is 12.1 Å². The van der Waals surface area contributed by atoms with Crippen molar-refractivity contribution < 1.29 is 9.47 Å². The van der Waals surface area contributed by atoms with E-state index in [-0.39, 0.29) is 0 Å². The number of fused-ring (bicyclic) bond motifs is 2. The molecule has 0 saturated carbocycles. The van der Waals surface area contributed by atoms with Crippen molar-refractivity contribution in [1.82, 2.24) is 14.7 Å². The third-order valence-corrected chi connectivity index (χ3v) is 5.26. The molecule has 1 heterocycles. The topological polar surface area (TPSA) is 82.3 Å². The highest BCUT2D eigenvalue weighted by molar-refractivity contribution is 7.95. The van der Waals surface area contributed by atoms with E-state index in [2.05, 4.69) is 32.9 Å². The number of benzene rings is 2. The van der Waals surface area contributed by atoms with E-state index in [4.69, 9.17) is 14.6 Å². The Balaban J connectivity index is 1.79. The van der Waals surface area contributed by atoms with E-state index >= 15 is 0 Å². The Morgan fingerprint density at radius 2 is 1.81 bits per heavy atom. The minimum atomic E-state index is 0.377. The van der Waals surface area contributed by atoms with Gasteiger partial charge in [0.05, 0.1) is 25.4 Å². The Hall–Kier alpha value is -2.35. The van der Waals surface area contributed by atoms with E-state index in [9.17, 15) is 0 Å². The lowest BCUT2D eigenvalue weighted by atomic mass is 10.0. The van der Waals surface area contributed by atoms with Gasteiger partial charge in [0.2, 0.25) is 0 Å². The summed E-state index contributed by atoms with van der Waals surface area (Å²) in [5.74, 6) is 1.33. The van der Waals surface area contributed by atoms with E-state index in [1.807, 2.05) is 12.1 Å². The molecular formula is C19H20N4O2S. The molecule has 26 heavy (non-hydrogen) atoms. The minimum Gasteiger partial charge on any atom is -0.493 e. The van der Waals surface area contributed by atoms with Crippen LogP contribution in [0.15, 0.2) is 36.7 Å². The number of nitrogens with zero attached hydrogens (tertiary/aromatic N) is 2. The van der Waals surface area contributed by atoms with Crippen LogP contribution in [0.2, 0.25) is 0 Å². The number of hydrogen-bond acceptors (Lipinski definition) is 7. The molecule has 0 aliphatic heterocycles. The molecule has 1 aromatic heterocycles. The average molecular weight is 368 g/mol. The van der Waals surface area contributed by atoms with E-state index in [0.717, 1.165) is 35.0 Å². The molecule has 0 bridgehead atoms. The fourth-order valence-corrected chi connectivity index (χ4v) is 3.92. The summed E-state index contributed by atoms with van der Waals surface area (Å²) in [5, 5.41) is 6.48. The van der Waals surface area contributed by atoms with Crippen molar-refractivity contribution >= 4 is 23.0 Å². The van der Waals surface area contributed by atoms with Gasteiger partial charge in [0.1, 0.15) is 6.33 Å². The summed E-state index contributed by atoms with van der Waals surface area (Å²) < 4.78 is 14.1. The first-order chi connectivity index (χ1) is 12.7. The highest BCUT2D eigenvalue weighted by Gasteiger charge is 2.22. The standard InChI is InChI=1S/C19H20N4O2S/c1-24-17-8-15-16(9-18(17)25-2)21-10-22-19(15)12-4-3-11-6-14(23-26-20)7-13(11)5-12/h3-5,8-10,14,23H,6-7,20H2,1-2H3. The van der Waals surface area contributed by atoms with Crippen molar-refractivity contribution in [2.45, 2.75) is 18.9 Å². The summed E-state index contributed by atoms with van der Waals surface area (Å²) in [7, 11) is 3.25. The predicted molar refractivity (Wildman–Crippen MR) is 104 cm³/mol. The molecule has 1 atom stereocenters. The van der Waals surface area contributed by atoms with E-state index in [1.165, 1.54) is 23.3 Å². The molecule has 0 spiro atoms. The van der Waals surface area contributed by atoms with Crippen LogP contribution in [0.25, 0.3) is 22.2 Å². The SMILES string of the molecule is COc1cc2ncnc(-c3ccc4c(c3)CC(NSN)C4)c2cc1OC. The van der Waals surface area contributed by atoms with Crippen LogP contribution in [0.1, 0.15) is 11.1 Å². The number of rotatable bonds is 5. The van der Waals surface area contributed by atoms with Gasteiger partial charge >= 0.3 is 0 Å². The normalized spacial score (nSPS) is 15.9. The zero-order chi connectivity index (χ0) is 18.1. The van der Waals surface area contributed by atoms with Crippen LogP contribution in [0, 0.1) is 0 Å². The van der Waals surface area contributed by atoms with Crippen LogP contribution in [0.3, 0.4) is 0 Å². The Morgan fingerprint density at radius 3 is 2.58 bits per heavy atom. The Labute approximate surface area is 156 Å². The third kappa shape index (κ3) is 2.98. The molecular weight excluding hydrogens is 348 g/mol. The summed E-state index contributed by atoms with van der Waals surface area (Å²) in [6.45, 7) is 0. The van der Waals surface area contributed by atoms with Gasteiger partial charge in [-0.25, -0.2) is 14.7 Å². The van der Waals surface area contributed by atoms with Crippen molar-refractivity contribution in [3.8, 4) is 22.8 Å². The Bertz CT molecular complexity index is 964. The van der Waals surface area contributed by atoms with Crippen LogP contribution < -0.4 is 19.3 Å². The first-order valence-corrected chi connectivity index (χ1v) is 9.21. The fraction of sp³-hybridized carbons (Fsp3) is 0.263. The number of ether oxygens (including phenoxy) is 2.